The van der Waals surface area contributed by atoms with Crippen molar-refractivity contribution in [2.24, 2.45) is 0 Å². The van der Waals surface area contributed by atoms with Gasteiger partial charge in [0.05, 0.1) is 6.10 Å². The van der Waals surface area contributed by atoms with Gasteiger partial charge in [0.25, 0.3) is 0 Å². The van der Waals surface area contributed by atoms with E-state index in [1.54, 1.807) is 6.92 Å². The highest BCUT2D eigenvalue weighted by Crippen LogP contribution is 2.18. The maximum absolute atomic E-state index is 9.41. The monoisotopic (exact) mass is 354 g/mol. The number of rotatable bonds is 4. The standard InChI is InChI=1S/C15H15IO2/c1-11(17)13-4-8-15(9-5-13)18-10-12-2-6-14(16)7-3-12/h2-9,11,17H,10H2,1H3/t11-/m0/s1. The van der Waals surface area contributed by atoms with Crippen molar-refractivity contribution < 1.29 is 9.84 Å². The van der Waals surface area contributed by atoms with Crippen LogP contribution in [-0.4, -0.2) is 5.11 Å². The molecular formula is C15H15IO2. The average Bonchev–Trinajstić information content (AvgIpc) is 2.38. The fraction of sp³-hybridized carbons (Fsp3) is 0.200. The van der Waals surface area contributed by atoms with Crippen molar-refractivity contribution in [3.63, 3.8) is 0 Å². The lowest BCUT2D eigenvalue weighted by Gasteiger charge is -2.08. The summed E-state index contributed by atoms with van der Waals surface area (Å²) in [5.74, 6) is 0.818. The average molecular weight is 354 g/mol. The van der Waals surface area contributed by atoms with Gasteiger partial charge in [-0.15, -0.1) is 0 Å². The number of hydrogen-bond donors (Lipinski definition) is 1. The molecule has 1 N–H and O–H groups in total. The normalized spacial score (nSPS) is 12.2. The molecule has 18 heavy (non-hydrogen) atoms. The zero-order chi connectivity index (χ0) is 13.0. The van der Waals surface area contributed by atoms with Gasteiger partial charge < -0.3 is 9.84 Å². The Balaban J connectivity index is 1.95. The predicted octanol–water partition coefficient (Wildman–Crippen LogP) is 3.92. The molecule has 0 bridgehead atoms. The van der Waals surface area contributed by atoms with Crippen molar-refractivity contribution in [3.8, 4) is 5.75 Å². The van der Waals surface area contributed by atoms with E-state index in [0.717, 1.165) is 16.9 Å². The van der Waals surface area contributed by atoms with E-state index in [1.807, 2.05) is 24.3 Å². The SMILES string of the molecule is C[C@H](O)c1ccc(OCc2ccc(I)cc2)cc1. The van der Waals surface area contributed by atoms with E-state index < -0.39 is 6.10 Å². The van der Waals surface area contributed by atoms with E-state index in [9.17, 15) is 5.11 Å². The van der Waals surface area contributed by atoms with E-state index in [0.29, 0.717) is 6.61 Å². The molecule has 0 heterocycles. The maximum Gasteiger partial charge on any atom is 0.119 e. The molecule has 0 fully saturated rings. The van der Waals surface area contributed by atoms with Crippen LogP contribution in [0.15, 0.2) is 48.5 Å². The minimum atomic E-state index is -0.435. The molecule has 0 saturated carbocycles. The number of aliphatic hydroxyl groups excluding tert-OH is 1. The Morgan fingerprint density at radius 1 is 1.06 bits per heavy atom. The summed E-state index contributed by atoms with van der Waals surface area (Å²) in [4.78, 5) is 0. The first kappa shape index (κ1) is 13.4. The quantitative estimate of drug-likeness (QED) is 0.844. The summed E-state index contributed by atoms with van der Waals surface area (Å²) in [7, 11) is 0. The minimum Gasteiger partial charge on any atom is -0.489 e. The highest BCUT2D eigenvalue weighted by atomic mass is 127. The first-order valence-electron chi connectivity index (χ1n) is 5.80. The van der Waals surface area contributed by atoms with Crippen molar-refractivity contribution >= 4 is 22.6 Å². The van der Waals surface area contributed by atoms with Crippen LogP contribution in [0.3, 0.4) is 0 Å². The van der Waals surface area contributed by atoms with Crippen LogP contribution < -0.4 is 4.74 Å². The third kappa shape index (κ3) is 3.71. The van der Waals surface area contributed by atoms with Gasteiger partial charge in [0, 0.05) is 3.57 Å². The molecule has 94 valence electrons. The van der Waals surface area contributed by atoms with Crippen LogP contribution >= 0.6 is 22.6 Å². The van der Waals surface area contributed by atoms with Gasteiger partial charge in [-0.2, -0.15) is 0 Å². The smallest absolute Gasteiger partial charge is 0.119 e. The maximum atomic E-state index is 9.41. The summed E-state index contributed by atoms with van der Waals surface area (Å²) in [6.07, 6.45) is -0.435. The Morgan fingerprint density at radius 3 is 2.22 bits per heavy atom. The van der Waals surface area contributed by atoms with Gasteiger partial charge in [0.1, 0.15) is 12.4 Å². The summed E-state index contributed by atoms with van der Waals surface area (Å²) < 4.78 is 6.90. The molecule has 0 spiro atoms. The Morgan fingerprint density at radius 2 is 1.67 bits per heavy atom. The Hall–Kier alpha value is -1.07. The van der Waals surface area contributed by atoms with Gasteiger partial charge in [-0.05, 0) is 64.9 Å². The second kappa shape index (κ2) is 6.20. The summed E-state index contributed by atoms with van der Waals surface area (Å²) in [6, 6.07) is 15.8. The van der Waals surface area contributed by atoms with E-state index in [4.69, 9.17) is 4.74 Å². The molecule has 2 nitrogen and oxygen atoms in total. The molecule has 0 radical (unpaired) electrons. The fourth-order valence-corrected chi connectivity index (χ4v) is 1.95. The molecule has 2 aromatic rings. The molecule has 0 saturated heterocycles. The van der Waals surface area contributed by atoms with Gasteiger partial charge in [0.2, 0.25) is 0 Å². The molecule has 2 rings (SSSR count). The molecule has 0 aliphatic rings. The molecule has 0 aromatic heterocycles. The van der Waals surface area contributed by atoms with Crippen LogP contribution in [0.2, 0.25) is 0 Å². The number of ether oxygens (including phenoxy) is 1. The largest absolute Gasteiger partial charge is 0.489 e. The summed E-state index contributed by atoms with van der Waals surface area (Å²) in [6.45, 7) is 2.31. The molecule has 0 aliphatic carbocycles. The summed E-state index contributed by atoms with van der Waals surface area (Å²) in [5, 5.41) is 9.41. The topological polar surface area (TPSA) is 29.5 Å². The van der Waals surface area contributed by atoms with Gasteiger partial charge in [0.15, 0.2) is 0 Å². The van der Waals surface area contributed by atoms with Crippen molar-refractivity contribution in [3.05, 3.63) is 63.2 Å². The van der Waals surface area contributed by atoms with Gasteiger partial charge in [-0.1, -0.05) is 24.3 Å². The third-order valence-corrected chi connectivity index (χ3v) is 3.40. The lowest BCUT2D eigenvalue weighted by atomic mass is 10.1. The zero-order valence-electron chi connectivity index (χ0n) is 10.1. The second-order valence-corrected chi connectivity index (χ2v) is 5.41. The molecule has 1 atom stereocenters. The lowest BCUT2D eigenvalue weighted by Crippen LogP contribution is -1.96. The summed E-state index contributed by atoms with van der Waals surface area (Å²) >= 11 is 2.28. The predicted molar refractivity (Wildman–Crippen MR) is 80.6 cm³/mol. The molecule has 3 heteroatoms. The van der Waals surface area contributed by atoms with Gasteiger partial charge in [-0.25, -0.2) is 0 Å². The van der Waals surface area contributed by atoms with Crippen LogP contribution in [-0.2, 0) is 6.61 Å². The number of aliphatic hydroxyl groups is 1. The van der Waals surface area contributed by atoms with Crippen molar-refractivity contribution in [1.82, 2.24) is 0 Å². The van der Waals surface area contributed by atoms with Crippen molar-refractivity contribution in [1.29, 1.82) is 0 Å². The van der Waals surface area contributed by atoms with Gasteiger partial charge >= 0.3 is 0 Å². The highest BCUT2D eigenvalue weighted by molar-refractivity contribution is 14.1. The van der Waals surface area contributed by atoms with Crippen molar-refractivity contribution in [2.75, 3.05) is 0 Å². The van der Waals surface area contributed by atoms with E-state index in [2.05, 4.69) is 46.9 Å². The Bertz CT molecular complexity index is 489. The van der Waals surface area contributed by atoms with Crippen LogP contribution in [0.4, 0.5) is 0 Å². The molecule has 0 aliphatic heterocycles. The van der Waals surface area contributed by atoms with Gasteiger partial charge in [-0.3, -0.25) is 0 Å². The number of hydrogen-bond acceptors (Lipinski definition) is 2. The summed E-state index contributed by atoms with van der Waals surface area (Å²) in [5.41, 5.74) is 2.05. The number of halogens is 1. The van der Waals surface area contributed by atoms with Crippen LogP contribution in [0, 0.1) is 3.57 Å². The fourth-order valence-electron chi connectivity index (χ4n) is 1.59. The third-order valence-electron chi connectivity index (χ3n) is 2.68. The molecule has 2 aromatic carbocycles. The Labute approximate surface area is 121 Å². The van der Waals surface area contributed by atoms with E-state index in [1.165, 1.54) is 3.57 Å². The second-order valence-electron chi connectivity index (χ2n) is 4.16. The van der Waals surface area contributed by atoms with Crippen LogP contribution in [0.5, 0.6) is 5.75 Å². The first-order chi connectivity index (χ1) is 8.65. The molecular weight excluding hydrogens is 339 g/mol. The van der Waals surface area contributed by atoms with Crippen molar-refractivity contribution in [2.45, 2.75) is 19.6 Å². The van der Waals surface area contributed by atoms with E-state index >= 15 is 0 Å². The molecule has 0 amide bonds. The lowest BCUT2D eigenvalue weighted by molar-refractivity contribution is 0.199. The zero-order valence-corrected chi connectivity index (χ0v) is 12.3. The Kier molecular flexibility index (Phi) is 4.60. The molecule has 0 unspecified atom stereocenters. The van der Waals surface area contributed by atoms with E-state index in [-0.39, 0.29) is 0 Å². The highest BCUT2D eigenvalue weighted by Gasteiger charge is 2.01. The van der Waals surface area contributed by atoms with Crippen LogP contribution in [0.25, 0.3) is 0 Å². The minimum absolute atomic E-state index is 0.435. The first-order valence-corrected chi connectivity index (χ1v) is 6.88. The number of benzene rings is 2. The van der Waals surface area contributed by atoms with Crippen LogP contribution in [0.1, 0.15) is 24.2 Å².